The first-order chi connectivity index (χ1) is 8.95. The van der Waals surface area contributed by atoms with Crippen LogP contribution in [0.25, 0.3) is 0 Å². The van der Waals surface area contributed by atoms with Gasteiger partial charge in [0.1, 0.15) is 6.23 Å². The van der Waals surface area contributed by atoms with Gasteiger partial charge in [-0.15, -0.1) is 0 Å². The fourth-order valence-corrected chi connectivity index (χ4v) is 5.54. The van der Waals surface area contributed by atoms with Crippen LogP contribution in [0.2, 0.25) is 12.6 Å². The van der Waals surface area contributed by atoms with Crippen molar-refractivity contribution >= 4 is 14.2 Å². The Balaban J connectivity index is 2.58. The summed E-state index contributed by atoms with van der Waals surface area (Å²) >= 11 is 0. The molecular formula is C15H27NO2Si. The molecule has 0 spiro atoms. The van der Waals surface area contributed by atoms with Gasteiger partial charge in [-0.1, -0.05) is 32.0 Å². The maximum atomic E-state index is 6.20. The Labute approximate surface area is 118 Å². The fourth-order valence-electron chi connectivity index (χ4n) is 2.36. The van der Waals surface area contributed by atoms with Crippen LogP contribution in [-0.2, 0) is 8.85 Å². The lowest BCUT2D eigenvalue weighted by atomic mass is 10.3. The Hall–Kier alpha value is -0.843. The van der Waals surface area contributed by atoms with Crippen molar-refractivity contribution in [2.24, 2.45) is 5.92 Å². The molecule has 1 aromatic carbocycles. The van der Waals surface area contributed by atoms with Crippen molar-refractivity contribution in [1.82, 2.24) is 0 Å². The Morgan fingerprint density at radius 1 is 1.16 bits per heavy atom. The highest BCUT2D eigenvalue weighted by atomic mass is 28.4. The van der Waals surface area contributed by atoms with E-state index in [1.807, 2.05) is 44.2 Å². The van der Waals surface area contributed by atoms with Gasteiger partial charge in [-0.3, -0.25) is 0 Å². The van der Waals surface area contributed by atoms with Crippen molar-refractivity contribution in [3.8, 4) is 0 Å². The maximum Gasteiger partial charge on any atom is 0.336 e. The predicted molar refractivity (Wildman–Crippen MR) is 83.5 cm³/mol. The van der Waals surface area contributed by atoms with E-state index in [-0.39, 0.29) is 6.23 Å². The lowest BCUT2D eigenvalue weighted by Crippen LogP contribution is -2.44. The average molecular weight is 281 g/mol. The van der Waals surface area contributed by atoms with E-state index in [1.165, 1.54) is 0 Å². The molecule has 2 unspecified atom stereocenters. The lowest BCUT2D eigenvalue weighted by molar-refractivity contribution is 0.143. The van der Waals surface area contributed by atoms with E-state index in [2.05, 4.69) is 25.7 Å². The van der Waals surface area contributed by atoms with Gasteiger partial charge in [-0.05, 0) is 44.5 Å². The second kappa shape index (κ2) is 7.67. The summed E-state index contributed by atoms with van der Waals surface area (Å²) < 4.78 is 12.1. The van der Waals surface area contributed by atoms with E-state index in [0.717, 1.165) is 11.7 Å². The van der Waals surface area contributed by atoms with Gasteiger partial charge in [-0.2, -0.15) is 0 Å². The summed E-state index contributed by atoms with van der Waals surface area (Å²) in [5.74, 6) is 0.590. The molecule has 1 N–H and O–H groups in total. The number of nitrogens with one attached hydrogen (secondary N) is 1. The molecule has 4 heteroatoms. The largest absolute Gasteiger partial charge is 0.395 e. The van der Waals surface area contributed by atoms with Gasteiger partial charge >= 0.3 is 8.56 Å². The zero-order chi connectivity index (χ0) is 14.3. The molecule has 108 valence electrons. The summed E-state index contributed by atoms with van der Waals surface area (Å²) in [6, 6.07) is 11.1. The topological polar surface area (TPSA) is 30.5 Å². The first kappa shape index (κ1) is 16.2. The molecule has 0 aromatic heterocycles. The van der Waals surface area contributed by atoms with Crippen LogP contribution in [0.4, 0.5) is 5.69 Å². The Bertz CT molecular complexity index is 358. The number of anilines is 1. The van der Waals surface area contributed by atoms with Gasteiger partial charge in [0.15, 0.2) is 0 Å². The van der Waals surface area contributed by atoms with Crippen molar-refractivity contribution in [1.29, 1.82) is 0 Å². The SMILES string of the molecule is CCO[Si](C)(CC(C)C)OC(C)Nc1ccccc1. The molecule has 0 bridgehead atoms. The zero-order valence-electron chi connectivity index (χ0n) is 12.8. The average Bonchev–Trinajstić information content (AvgIpc) is 2.28. The van der Waals surface area contributed by atoms with Crippen molar-refractivity contribution in [3.05, 3.63) is 30.3 Å². The fraction of sp³-hybridized carbons (Fsp3) is 0.600. The van der Waals surface area contributed by atoms with Crippen LogP contribution < -0.4 is 5.32 Å². The minimum atomic E-state index is -2.09. The summed E-state index contributed by atoms with van der Waals surface area (Å²) in [4.78, 5) is 0. The van der Waals surface area contributed by atoms with Crippen LogP contribution in [0.15, 0.2) is 30.3 Å². The van der Waals surface area contributed by atoms with Crippen LogP contribution in [0.3, 0.4) is 0 Å². The molecular weight excluding hydrogens is 254 g/mol. The molecule has 3 nitrogen and oxygen atoms in total. The van der Waals surface area contributed by atoms with E-state index in [1.54, 1.807) is 0 Å². The van der Waals surface area contributed by atoms with Gasteiger partial charge in [-0.25, -0.2) is 0 Å². The number of rotatable bonds is 8. The van der Waals surface area contributed by atoms with Crippen molar-refractivity contribution in [3.63, 3.8) is 0 Å². The minimum Gasteiger partial charge on any atom is -0.395 e. The van der Waals surface area contributed by atoms with Gasteiger partial charge in [0, 0.05) is 12.3 Å². The molecule has 0 heterocycles. The summed E-state index contributed by atoms with van der Waals surface area (Å²) in [6.07, 6.45) is -0.0376. The van der Waals surface area contributed by atoms with Gasteiger partial charge in [0.2, 0.25) is 0 Å². The lowest BCUT2D eigenvalue weighted by Gasteiger charge is -2.32. The van der Waals surface area contributed by atoms with E-state index in [4.69, 9.17) is 8.85 Å². The molecule has 19 heavy (non-hydrogen) atoms. The van der Waals surface area contributed by atoms with Gasteiger partial charge in [0.25, 0.3) is 0 Å². The monoisotopic (exact) mass is 281 g/mol. The third-order valence-corrected chi connectivity index (χ3v) is 6.11. The molecule has 0 aliphatic rings. The Morgan fingerprint density at radius 3 is 2.32 bits per heavy atom. The van der Waals surface area contributed by atoms with E-state index >= 15 is 0 Å². The van der Waals surface area contributed by atoms with E-state index < -0.39 is 8.56 Å². The van der Waals surface area contributed by atoms with Crippen LogP contribution in [-0.4, -0.2) is 21.4 Å². The first-order valence-corrected chi connectivity index (χ1v) is 9.61. The number of hydrogen-bond acceptors (Lipinski definition) is 3. The van der Waals surface area contributed by atoms with Crippen molar-refractivity contribution in [2.75, 3.05) is 11.9 Å². The highest BCUT2D eigenvalue weighted by Crippen LogP contribution is 2.21. The van der Waals surface area contributed by atoms with Crippen LogP contribution >= 0.6 is 0 Å². The summed E-state index contributed by atoms with van der Waals surface area (Å²) in [7, 11) is -2.09. The normalized spacial score (nSPS) is 16.1. The smallest absolute Gasteiger partial charge is 0.336 e. The third kappa shape index (κ3) is 6.23. The molecule has 0 amide bonds. The third-order valence-electron chi connectivity index (χ3n) is 2.80. The molecule has 1 rings (SSSR count). The van der Waals surface area contributed by atoms with Crippen LogP contribution in [0.1, 0.15) is 27.7 Å². The van der Waals surface area contributed by atoms with E-state index in [0.29, 0.717) is 12.5 Å². The summed E-state index contributed by atoms with van der Waals surface area (Å²) in [5, 5.41) is 3.36. The molecule has 0 aliphatic heterocycles. The molecule has 0 fully saturated rings. The molecule has 1 aromatic rings. The summed E-state index contributed by atoms with van der Waals surface area (Å²) in [5.41, 5.74) is 1.08. The Morgan fingerprint density at radius 2 is 1.79 bits per heavy atom. The van der Waals surface area contributed by atoms with E-state index in [9.17, 15) is 0 Å². The number of hydrogen-bond donors (Lipinski definition) is 1. The highest BCUT2D eigenvalue weighted by Gasteiger charge is 2.34. The van der Waals surface area contributed by atoms with Crippen LogP contribution in [0.5, 0.6) is 0 Å². The Kier molecular flexibility index (Phi) is 6.55. The van der Waals surface area contributed by atoms with Crippen molar-refractivity contribution < 1.29 is 8.85 Å². The second-order valence-electron chi connectivity index (χ2n) is 5.44. The number of benzene rings is 1. The standard InChI is InChI=1S/C15H27NO2Si/c1-6-17-19(5,12-13(2)3)18-14(4)16-15-10-8-7-9-11-15/h7-11,13-14,16H,6,12H2,1-5H3. The minimum absolute atomic E-state index is 0.0376. The van der Waals surface area contributed by atoms with Gasteiger partial charge < -0.3 is 14.2 Å². The first-order valence-electron chi connectivity index (χ1n) is 7.08. The summed E-state index contributed by atoms with van der Waals surface area (Å²) in [6.45, 7) is 11.4. The molecule has 0 radical (unpaired) electrons. The zero-order valence-corrected chi connectivity index (χ0v) is 13.8. The molecule has 0 saturated heterocycles. The predicted octanol–water partition coefficient (Wildman–Crippen LogP) is 4.23. The molecule has 0 saturated carbocycles. The molecule has 0 aliphatic carbocycles. The van der Waals surface area contributed by atoms with Crippen molar-refractivity contribution in [2.45, 2.75) is 46.5 Å². The molecule has 2 atom stereocenters. The second-order valence-corrected chi connectivity index (χ2v) is 8.64. The number of para-hydroxylation sites is 1. The maximum absolute atomic E-state index is 6.20. The quantitative estimate of drug-likeness (QED) is 0.571. The highest BCUT2D eigenvalue weighted by molar-refractivity contribution is 6.66. The van der Waals surface area contributed by atoms with Gasteiger partial charge in [0.05, 0.1) is 0 Å². The van der Waals surface area contributed by atoms with Crippen LogP contribution in [0, 0.1) is 5.92 Å².